The fourth-order valence-corrected chi connectivity index (χ4v) is 1.34. The van der Waals surface area contributed by atoms with Gasteiger partial charge in [0.15, 0.2) is 0 Å². The van der Waals surface area contributed by atoms with E-state index in [1.165, 1.54) is 0 Å². The Labute approximate surface area is 93.1 Å². The van der Waals surface area contributed by atoms with E-state index in [9.17, 15) is 4.79 Å². The predicted molar refractivity (Wildman–Crippen MR) is 61.1 cm³/mol. The van der Waals surface area contributed by atoms with Crippen LogP contribution in [0.2, 0.25) is 0 Å². The first-order chi connectivity index (χ1) is 6.91. The first kappa shape index (κ1) is 14.0. The van der Waals surface area contributed by atoms with Crippen molar-refractivity contribution in [3.63, 3.8) is 0 Å². The van der Waals surface area contributed by atoms with E-state index < -0.39 is 0 Å². The van der Waals surface area contributed by atoms with Crippen molar-refractivity contribution in [2.24, 2.45) is 11.8 Å². The monoisotopic (exact) mass is 210 g/mol. The number of nitriles is 1. The highest BCUT2D eigenvalue weighted by molar-refractivity contribution is 5.79. The van der Waals surface area contributed by atoms with Gasteiger partial charge in [-0.3, -0.25) is 4.79 Å². The maximum atomic E-state index is 12.0. The molecule has 0 aromatic carbocycles. The minimum absolute atomic E-state index is 0.0334. The van der Waals surface area contributed by atoms with Crippen LogP contribution in [0, 0.1) is 23.2 Å². The van der Waals surface area contributed by atoms with Crippen LogP contribution in [0.1, 0.15) is 41.0 Å². The van der Waals surface area contributed by atoms with Gasteiger partial charge in [0, 0.05) is 18.5 Å². The smallest absolute Gasteiger partial charge is 0.225 e. The average molecular weight is 210 g/mol. The molecule has 86 valence electrons. The van der Waals surface area contributed by atoms with E-state index in [-0.39, 0.29) is 17.9 Å². The van der Waals surface area contributed by atoms with E-state index in [1.807, 2.05) is 34.6 Å². The molecule has 0 aromatic heterocycles. The van der Waals surface area contributed by atoms with Gasteiger partial charge in [-0.2, -0.15) is 5.26 Å². The maximum absolute atomic E-state index is 12.0. The zero-order chi connectivity index (χ0) is 12.0. The third-order valence-corrected chi connectivity index (χ3v) is 2.76. The van der Waals surface area contributed by atoms with Gasteiger partial charge in [0.05, 0.1) is 12.5 Å². The van der Waals surface area contributed by atoms with Crippen LogP contribution in [0.5, 0.6) is 0 Å². The number of rotatable bonds is 5. The van der Waals surface area contributed by atoms with Crippen molar-refractivity contribution in [2.45, 2.75) is 47.1 Å². The van der Waals surface area contributed by atoms with E-state index in [0.29, 0.717) is 18.9 Å². The molecule has 0 saturated carbocycles. The van der Waals surface area contributed by atoms with Gasteiger partial charge in [-0.25, -0.2) is 0 Å². The molecule has 1 unspecified atom stereocenters. The molecule has 1 atom stereocenters. The average Bonchev–Trinajstić information content (AvgIpc) is 2.16. The lowest BCUT2D eigenvalue weighted by atomic mass is 9.96. The highest BCUT2D eigenvalue weighted by atomic mass is 16.2. The van der Waals surface area contributed by atoms with E-state index in [4.69, 9.17) is 5.26 Å². The van der Waals surface area contributed by atoms with Crippen LogP contribution in [0.15, 0.2) is 0 Å². The van der Waals surface area contributed by atoms with Gasteiger partial charge in [0.25, 0.3) is 0 Å². The van der Waals surface area contributed by atoms with Crippen molar-refractivity contribution in [1.29, 1.82) is 5.26 Å². The Balaban J connectivity index is 4.49. The second-order valence-electron chi connectivity index (χ2n) is 4.57. The van der Waals surface area contributed by atoms with Gasteiger partial charge in [-0.1, -0.05) is 20.8 Å². The zero-order valence-electron chi connectivity index (χ0n) is 10.4. The van der Waals surface area contributed by atoms with Gasteiger partial charge in [0.1, 0.15) is 0 Å². The molecular formula is C12H22N2O. The van der Waals surface area contributed by atoms with Crippen LogP contribution >= 0.6 is 0 Å². The zero-order valence-corrected chi connectivity index (χ0v) is 10.4. The summed E-state index contributed by atoms with van der Waals surface area (Å²) in [7, 11) is 0. The van der Waals surface area contributed by atoms with Crippen LogP contribution in [-0.4, -0.2) is 23.4 Å². The van der Waals surface area contributed by atoms with Crippen LogP contribution in [-0.2, 0) is 4.79 Å². The summed E-state index contributed by atoms with van der Waals surface area (Å²) < 4.78 is 0. The van der Waals surface area contributed by atoms with E-state index >= 15 is 0 Å². The summed E-state index contributed by atoms with van der Waals surface area (Å²) in [6, 6.07) is 2.26. The van der Waals surface area contributed by atoms with Crippen LogP contribution < -0.4 is 0 Å². The quantitative estimate of drug-likeness (QED) is 0.699. The molecule has 0 aliphatic rings. The van der Waals surface area contributed by atoms with Gasteiger partial charge in [0.2, 0.25) is 5.91 Å². The minimum Gasteiger partial charge on any atom is -0.339 e. The summed E-state index contributed by atoms with van der Waals surface area (Å²) >= 11 is 0. The molecule has 0 N–H and O–H groups in total. The number of amides is 1. The lowest BCUT2D eigenvalue weighted by molar-refractivity contribution is -0.138. The molecule has 15 heavy (non-hydrogen) atoms. The lowest BCUT2D eigenvalue weighted by Gasteiger charge is -2.30. The van der Waals surface area contributed by atoms with Crippen LogP contribution in [0.4, 0.5) is 0 Å². The fraction of sp³-hybridized carbons (Fsp3) is 0.833. The molecule has 0 aromatic rings. The summed E-state index contributed by atoms with van der Waals surface area (Å²) in [5.74, 6) is 0.544. The van der Waals surface area contributed by atoms with Crippen LogP contribution in [0.3, 0.4) is 0 Å². The molecule has 0 aliphatic heterocycles. The Morgan fingerprint density at radius 1 is 1.27 bits per heavy atom. The molecule has 0 aliphatic carbocycles. The first-order valence-electron chi connectivity index (χ1n) is 5.59. The van der Waals surface area contributed by atoms with Crippen LogP contribution in [0.25, 0.3) is 0 Å². The number of hydrogen-bond acceptors (Lipinski definition) is 2. The van der Waals surface area contributed by atoms with Gasteiger partial charge in [-0.15, -0.1) is 0 Å². The van der Waals surface area contributed by atoms with Crippen molar-refractivity contribution in [3.8, 4) is 6.07 Å². The number of hydrogen-bond donors (Lipinski definition) is 0. The topological polar surface area (TPSA) is 44.1 Å². The molecule has 3 heteroatoms. The Kier molecular flexibility index (Phi) is 6.00. The molecule has 0 rings (SSSR count). The Bertz CT molecular complexity index is 240. The summed E-state index contributed by atoms with van der Waals surface area (Å²) in [5, 5.41) is 8.54. The largest absolute Gasteiger partial charge is 0.339 e. The molecule has 0 saturated heterocycles. The Morgan fingerprint density at radius 2 is 1.80 bits per heavy atom. The SMILES string of the molecule is CC(C)C(C)C(=O)N(CCC#N)C(C)C. The lowest BCUT2D eigenvalue weighted by Crippen LogP contribution is -2.42. The highest BCUT2D eigenvalue weighted by Gasteiger charge is 2.24. The molecule has 0 heterocycles. The highest BCUT2D eigenvalue weighted by Crippen LogP contribution is 2.15. The second-order valence-corrected chi connectivity index (χ2v) is 4.57. The summed E-state index contributed by atoms with van der Waals surface area (Å²) in [4.78, 5) is 13.8. The number of carbonyl (C=O) groups excluding carboxylic acids is 1. The summed E-state index contributed by atoms with van der Waals surface area (Å²) in [6.45, 7) is 10.6. The molecule has 1 amide bonds. The van der Waals surface area contributed by atoms with E-state index in [2.05, 4.69) is 6.07 Å². The standard InChI is InChI=1S/C12H22N2O/c1-9(2)11(5)12(15)14(10(3)4)8-6-7-13/h9-11H,6,8H2,1-5H3. The van der Waals surface area contributed by atoms with E-state index in [1.54, 1.807) is 4.90 Å². The molecule has 3 nitrogen and oxygen atoms in total. The molecule has 0 bridgehead atoms. The maximum Gasteiger partial charge on any atom is 0.225 e. The summed E-state index contributed by atoms with van der Waals surface area (Å²) in [5.41, 5.74) is 0. The fourth-order valence-electron chi connectivity index (χ4n) is 1.34. The Hall–Kier alpha value is -1.04. The number of carbonyl (C=O) groups is 1. The Morgan fingerprint density at radius 3 is 2.13 bits per heavy atom. The van der Waals surface area contributed by atoms with Crippen molar-refractivity contribution >= 4 is 5.91 Å². The van der Waals surface area contributed by atoms with Crippen molar-refractivity contribution in [3.05, 3.63) is 0 Å². The number of nitrogens with zero attached hydrogens (tertiary/aromatic N) is 2. The second kappa shape index (κ2) is 6.44. The van der Waals surface area contributed by atoms with Gasteiger partial charge in [-0.05, 0) is 19.8 Å². The normalized spacial score (nSPS) is 12.7. The third kappa shape index (κ3) is 4.33. The predicted octanol–water partition coefficient (Wildman–Crippen LogP) is 2.43. The van der Waals surface area contributed by atoms with Gasteiger partial charge < -0.3 is 4.90 Å². The molecular weight excluding hydrogens is 188 g/mol. The van der Waals surface area contributed by atoms with Gasteiger partial charge >= 0.3 is 0 Å². The molecule has 0 spiro atoms. The van der Waals surface area contributed by atoms with E-state index in [0.717, 1.165) is 0 Å². The minimum atomic E-state index is 0.0334. The van der Waals surface area contributed by atoms with Crippen molar-refractivity contribution in [1.82, 2.24) is 4.90 Å². The molecule has 0 fully saturated rings. The molecule has 0 radical (unpaired) electrons. The third-order valence-electron chi connectivity index (χ3n) is 2.76. The summed E-state index contributed by atoms with van der Waals surface area (Å²) in [6.07, 6.45) is 0.411. The van der Waals surface area contributed by atoms with Crippen molar-refractivity contribution in [2.75, 3.05) is 6.54 Å². The first-order valence-corrected chi connectivity index (χ1v) is 5.59. The van der Waals surface area contributed by atoms with Crippen molar-refractivity contribution < 1.29 is 4.79 Å².